The number of aryl methyl sites for hydroxylation is 1. The highest BCUT2D eigenvalue weighted by atomic mass is 15.3. The lowest BCUT2D eigenvalue weighted by atomic mass is 9.81. The first-order chi connectivity index (χ1) is 8.66. The van der Waals surface area contributed by atoms with Gasteiger partial charge in [0.05, 0.1) is 6.20 Å². The third-order valence-corrected chi connectivity index (χ3v) is 4.43. The summed E-state index contributed by atoms with van der Waals surface area (Å²) in [5, 5.41) is 7.84. The molecule has 2 unspecified atom stereocenters. The molecule has 2 rings (SSSR count). The number of nitrogens with zero attached hydrogens (tertiary/aromatic N) is 2. The molecule has 1 aromatic rings. The fourth-order valence-electron chi connectivity index (χ4n) is 3.07. The van der Waals surface area contributed by atoms with E-state index in [-0.39, 0.29) is 0 Å². The molecule has 3 heteroatoms. The van der Waals surface area contributed by atoms with Crippen molar-refractivity contribution < 1.29 is 0 Å². The molecule has 18 heavy (non-hydrogen) atoms. The maximum absolute atomic E-state index is 4.27. The van der Waals surface area contributed by atoms with Gasteiger partial charge in [0.15, 0.2) is 0 Å². The Hall–Kier alpha value is -0.830. The summed E-state index contributed by atoms with van der Waals surface area (Å²) in [5.74, 6) is 1.90. The van der Waals surface area contributed by atoms with Crippen molar-refractivity contribution in [3.8, 4) is 0 Å². The van der Waals surface area contributed by atoms with Crippen LogP contribution in [0.2, 0.25) is 0 Å². The van der Waals surface area contributed by atoms with Gasteiger partial charge in [0.25, 0.3) is 0 Å². The molecule has 1 aliphatic rings. The van der Waals surface area contributed by atoms with Crippen molar-refractivity contribution in [1.82, 2.24) is 15.1 Å². The minimum atomic E-state index is 0.948. The van der Waals surface area contributed by atoms with E-state index in [2.05, 4.69) is 24.3 Å². The smallest absolute Gasteiger partial charge is 0.0537 e. The predicted octanol–water partition coefficient (Wildman–Crippen LogP) is 3.03. The van der Waals surface area contributed by atoms with E-state index < -0.39 is 0 Å². The van der Waals surface area contributed by atoms with Crippen molar-refractivity contribution in [2.45, 2.75) is 52.5 Å². The Labute approximate surface area is 111 Å². The first kappa shape index (κ1) is 13.6. The fourth-order valence-corrected chi connectivity index (χ4v) is 3.07. The normalized spacial score (nSPS) is 24.4. The molecule has 0 radical (unpaired) electrons. The lowest BCUT2D eigenvalue weighted by Crippen LogP contribution is -2.21. The Balaban J connectivity index is 1.65. The summed E-state index contributed by atoms with van der Waals surface area (Å²) in [6.45, 7) is 6.64. The molecule has 0 spiro atoms. The summed E-state index contributed by atoms with van der Waals surface area (Å²) in [7, 11) is 2.00. The van der Waals surface area contributed by atoms with Gasteiger partial charge in [0.1, 0.15) is 0 Å². The SMILES string of the molecule is Cc1c(CNCCC2CCCC(C)C2)cnn1C. The second-order valence-electron chi connectivity index (χ2n) is 5.98. The molecular weight excluding hydrogens is 222 g/mol. The van der Waals surface area contributed by atoms with Crippen molar-refractivity contribution in [3.05, 3.63) is 17.5 Å². The molecule has 2 atom stereocenters. The first-order valence-electron chi connectivity index (χ1n) is 7.35. The lowest BCUT2D eigenvalue weighted by Gasteiger charge is -2.26. The zero-order chi connectivity index (χ0) is 13.0. The minimum absolute atomic E-state index is 0.948. The molecule has 0 amide bonds. The van der Waals surface area contributed by atoms with E-state index in [9.17, 15) is 0 Å². The van der Waals surface area contributed by atoms with Gasteiger partial charge in [-0.05, 0) is 38.1 Å². The molecule has 1 fully saturated rings. The molecule has 0 saturated heterocycles. The Morgan fingerprint density at radius 2 is 2.28 bits per heavy atom. The van der Waals surface area contributed by atoms with Crippen LogP contribution in [0.15, 0.2) is 6.20 Å². The van der Waals surface area contributed by atoms with Crippen LogP contribution in [0.5, 0.6) is 0 Å². The quantitative estimate of drug-likeness (QED) is 0.813. The highest BCUT2D eigenvalue weighted by Gasteiger charge is 2.18. The highest BCUT2D eigenvalue weighted by molar-refractivity contribution is 5.15. The number of rotatable bonds is 5. The van der Waals surface area contributed by atoms with Gasteiger partial charge in [0.2, 0.25) is 0 Å². The van der Waals surface area contributed by atoms with Gasteiger partial charge in [-0.25, -0.2) is 0 Å². The number of hydrogen-bond acceptors (Lipinski definition) is 2. The summed E-state index contributed by atoms with van der Waals surface area (Å²) in [6, 6.07) is 0. The van der Waals surface area contributed by atoms with E-state index >= 15 is 0 Å². The lowest BCUT2D eigenvalue weighted by molar-refractivity contribution is 0.267. The average Bonchev–Trinajstić information content (AvgIpc) is 2.66. The Bertz CT molecular complexity index is 370. The maximum Gasteiger partial charge on any atom is 0.0537 e. The standard InChI is InChI=1S/C15H27N3/c1-12-5-4-6-14(9-12)7-8-16-10-15-11-17-18(3)13(15)2/h11-12,14,16H,4-10H2,1-3H3. The Morgan fingerprint density at radius 3 is 2.94 bits per heavy atom. The maximum atomic E-state index is 4.27. The van der Waals surface area contributed by atoms with E-state index in [0.717, 1.165) is 24.9 Å². The van der Waals surface area contributed by atoms with Crippen LogP contribution in [0, 0.1) is 18.8 Å². The average molecular weight is 249 g/mol. The molecule has 0 aliphatic heterocycles. The van der Waals surface area contributed by atoms with Gasteiger partial charge in [-0.2, -0.15) is 5.10 Å². The van der Waals surface area contributed by atoms with Gasteiger partial charge in [-0.3, -0.25) is 4.68 Å². The van der Waals surface area contributed by atoms with Crippen molar-refractivity contribution in [2.75, 3.05) is 6.54 Å². The summed E-state index contributed by atoms with van der Waals surface area (Å²) in [5.41, 5.74) is 2.60. The molecule has 1 aliphatic carbocycles. The summed E-state index contributed by atoms with van der Waals surface area (Å²) >= 11 is 0. The molecule has 0 bridgehead atoms. The van der Waals surface area contributed by atoms with Gasteiger partial charge < -0.3 is 5.32 Å². The van der Waals surface area contributed by atoms with E-state index in [1.54, 1.807) is 0 Å². The Kier molecular flexibility index (Phi) is 4.81. The van der Waals surface area contributed by atoms with Crippen LogP contribution in [-0.4, -0.2) is 16.3 Å². The van der Waals surface area contributed by atoms with Crippen molar-refractivity contribution in [2.24, 2.45) is 18.9 Å². The summed E-state index contributed by atoms with van der Waals surface area (Å²) < 4.78 is 1.94. The second-order valence-corrected chi connectivity index (χ2v) is 5.98. The van der Waals surface area contributed by atoms with Gasteiger partial charge in [-0.1, -0.05) is 26.2 Å². The van der Waals surface area contributed by atoms with Crippen molar-refractivity contribution in [3.63, 3.8) is 0 Å². The van der Waals surface area contributed by atoms with Crippen LogP contribution in [0.4, 0.5) is 0 Å². The van der Waals surface area contributed by atoms with Crippen LogP contribution < -0.4 is 5.32 Å². The van der Waals surface area contributed by atoms with E-state index in [1.807, 2.05) is 17.9 Å². The van der Waals surface area contributed by atoms with E-state index in [4.69, 9.17) is 0 Å². The van der Waals surface area contributed by atoms with Crippen molar-refractivity contribution >= 4 is 0 Å². The topological polar surface area (TPSA) is 29.9 Å². The van der Waals surface area contributed by atoms with E-state index in [0.29, 0.717) is 0 Å². The summed E-state index contributed by atoms with van der Waals surface area (Å²) in [6.07, 6.45) is 9.08. The number of nitrogens with one attached hydrogen (secondary N) is 1. The monoisotopic (exact) mass is 249 g/mol. The molecule has 1 heterocycles. The van der Waals surface area contributed by atoms with Gasteiger partial charge in [0, 0.05) is 24.8 Å². The van der Waals surface area contributed by atoms with Gasteiger partial charge >= 0.3 is 0 Å². The zero-order valence-corrected chi connectivity index (χ0v) is 12.1. The highest BCUT2D eigenvalue weighted by Crippen LogP contribution is 2.30. The predicted molar refractivity (Wildman–Crippen MR) is 75.4 cm³/mol. The molecular formula is C15H27N3. The third-order valence-electron chi connectivity index (χ3n) is 4.43. The first-order valence-corrected chi connectivity index (χ1v) is 7.35. The van der Waals surface area contributed by atoms with Gasteiger partial charge in [-0.15, -0.1) is 0 Å². The zero-order valence-electron chi connectivity index (χ0n) is 12.1. The Morgan fingerprint density at radius 1 is 1.44 bits per heavy atom. The molecule has 1 N–H and O–H groups in total. The van der Waals surface area contributed by atoms with Crippen LogP contribution in [0.3, 0.4) is 0 Å². The molecule has 1 aromatic heterocycles. The molecule has 0 aromatic carbocycles. The van der Waals surface area contributed by atoms with E-state index in [1.165, 1.54) is 43.4 Å². The summed E-state index contributed by atoms with van der Waals surface area (Å²) in [4.78, 5) is 0. The largest absolute Gasteiger partial charge is 0.313 e. The number of hydrogen-bond donors (Lipinski definition) is 1. The fraction of sp³-hybridized carbons (Fsp3) is 0.800. The van der Waals surface area contributed by atoms with Crippen LogP contribution >= 0.6 is 0 Å². The van der Waals surface area contributed by atoms with Crippen LogP contribution in [-0.2, 0) is 13.6 Å². The second kappa shape index (κ2) is 6.37. The van der Waals surface area contributed by atoms with Crippen LogP contribution in [0.25, 0.3) is 0 Å². The minimum Gasteiger partial charge on any atom is -0.313 e. The third kappa shape index (κ3) is 3.58. The van der Waals surface area contributed by atoms with Crippen LogP contribution in [0.1, 0.15) is 50.3 Å². The molecule has 3 nitrogen and oxygen atoms in total. The van der Waals surface area contributed by atoms with Crippen molar-refractivity contribution in [1.29, 1.82) is 0 Å². The number of aromatic nitrogens is 2. The molecule has 1 saturated carbocycles. The molecule has 102 valence electrons.